The molecule has 9 aromatic carbocycles. The zero-order valence-electron chi connectivity index (χ0n) is 32.2. The first-order valence-corrected chi connectivity index (χ1v) is 20.2. The van der Waals surface area contributed by atoms with Crippen LogP contribution in [-0.4, -0.2) is 28.7 Å². The van der Waals surface area contributed by atoms with Crippen molar-refractivity contribution in [1.82, 2.24) is 28.7 Å². The lowest BCUT2D eigenvalue weighted by atomic mass is 9.85. The molecule has 0 saturated carbocycles. The molecule has 0 amide bonds. The predicted molar refractivity (Wildman–Crippen MR) is 246 cm³/mol. The molecule has 13 rings (SSSR count). The molecule has 0 fully saturated rings. The summed E-state index contributed by atoms with van der Waals surface area (Å²) in [5.74, 6) is 1.74. The number of hydrogen-bond donors (Lipinski definition) is 0. The summed E-state index contributed by atoms with van der Waals surface area (Å²) in [7, 11) is 0. The first kappa shape index (κ1) is 32.8. The Morgan fingerprint density at radius 3 is 1.17 bits per heavy atom. The Morgan fingerprint density at radius 2 is 0.650 bits per heavy atom. The van der Waals surface area contributed by atoms with E-state index in [4.69, 9.17) is 19.9 Å². The Bertz CT molecular complexity index is 3840. The van der Waals surface area contributed by atoms with Crippen LogP contribution in [0.4, 0.5) is 0 Å². The number of benzene rings is 9. The largest absolute Gasteiger partial charge is 0.276 e. The number of fused-ring (bicyclic) bond motifs is 12. The maximum absolute atomic E-state index is 5.30. The topological polar surface area (TPSA) is 60.4 Å². The maximum Gasteiger partial charge on any atom is 0.149 e. The predicted octanol–water partition coefficient (Wildman–Crippen LogP) is 13.4. The number of hydrogen-bond acceptors (Lipinski definition) is 4. The molecule has 0 bridgehead atoms. The molecular weight excluding hydrogens is 733 g/mol. The molecule has 0 aliphatic rings. The highest BCUT2D eigenvalue weighted by Gasteiger charge is 2.20. The van der Waals surface area contributed by atoms with E-state index < -0.39 is 0 Å². The Kier molecular flexibility index (Phi) is 6.91. The van der Waals surface area contributed by atoms with Crippen LogP contribution in [0.15, 0.2) is 194 Å². The van der Waals surface area contributed by atoms with Gasteiger partial charge >= 0.3 is 0 Å². The summed E-state index contributed by atoms with van der Waals surface area (Å²) in [4.78, 5) is 20.7. The minimum atomic E-state index is 0.867. The Morgan fingerprint density at radius 1 is 0.267 bits per heavy atom. The molecular formula is C54H32N6. The van der Waals surface area contributed by atoms with Crippen LogP contribution in [-0.2, 0) is 0 Å². The van der Waals surface area contributed by atoms with Crippen LogP contribution >= 0.6 is 0 Å². The Labute approximate surface area is 343 Å². The highest BCUT2D eigenvalue weighted by Crippen LogP contribution is 2.45. The number of imidazole rings is 2. The minimum absolute atomic E-state index is 0.867. The molecule has 0 unspecified atom stereocenters. The van der Waals surface area contributed by atoms with E-state index in [1.807, 2.05) is 24.3 Å². The molecule has 0 aliphatic heterocycles. The number of aromatic nitrogens is 6. The van der Waals surface area contributed by atoms with Crippen LogP contribution in [0.5, 0.6) is 0 Å². The second-order valence-electron chi connectivity index (χ2n) is 15.4. The lowest BCUT2D eigenvalue weighted by Gasteiger charge is -2.18. The molecule has 278 valence electrons. The summed E-state index contributed by atoms with van der Waals surface area (Å²) in [6.45, 7) is 0. The Balaban J connectivity index is 1.00. The third kappa shape index (κ3) is 4.76. The Hall–Kier alpha value is -8.22. The van der Waals surface area contributed by atoms with Gasteiger partial charge in [0.25, 0.3) is 0 Å². The smallest absolute Gasteiger partial charge is 0.149 e. The van der Waals surface area contributed by atoms with E-state index in [-0.39, 0.29) is 0 Å². The van der Waals surface area contributed by atoms with Crippen LogP contribution in [0.1, 0.15) is 0 Å². The van der Waals surface area contributed by atoms with Crippen molar-refractivity contribution >= 4 is 76.7 Å². The zero-order chi connectivity index (χ0) is 39.3. The molecule has 0 spiro atoms. The highest BCUT2D eigenvalue weighted by molar-refractivity contribution is 6.21. The summed E-state index contributed by atoms with van der Waals surface area (Å²) in [6.07, 6.45) is 0. The number of nitrogens with zero attached hydrogens (tertiary/aromatic N) is 6. The molecule has 0 aliphatic carbocycles. The summed E-state index contributed by atoms with van der Waals surface area (Å²) in [5, 5.41) is 6.85. The standard InChI is InChI=1S/C54H32N6/c1-3-18-39-37(16-1)49(33-28-30-34(31-29-33)51-55-43-22-7-5-20-41(43)53-57-45-24-9-11-26-47(45)59(51)53)38-17-2-4-19-40(38)50(39)35-14-13-15-36(32-35)52-56-44-23-8-6-21-42(44)54-58-46-25-10-12-27-48(46)60(52)54/h1-32H. The molecule has 6 nitrogen and oxygen atoms in total. The van der Waals surface area contributed by atoms with Crippen LogP contribution in [0, 0.1) is 0 Å². The minimum Gasteiger partial charge on any atom is -0.276 e. The summed E-state index contributed by atoms with van der Waals surface area (Å²) < 4.78 is 4.42. The molecule has 13 aromatic rings. The SMILES string of the molecule is c1cc(-c2c3ccccc3c(-c3ccc(-c4nc5ccccc5c5nc6ccccc6n45)cc3)c3ccccc23)cc(-c2nc3ccccc3c3nc4ccccc4n23)c1. The quantitative estimate of drug-likeness (QED) is 0.167. The van der Waals surface area contributed by atoms with E-state index in [9.17, 15) is 0 Å². The summed E-state index contributed by atoms with van der Waals surface area (Å²) in [6, 6.07) is 68.6. The van der Waals surface area contributed by atoms with Crippen molar-refractivity contribution in [2.45, 2.75) is 0 Å². The van der Waals surface area contributed by atoms with Crippen molar-refractivity contribution in [3.05, 3.63) is 194 Å². The van der Waals surface area contributed by atoms with E-state index in [1.54, 1.807) is 0 Å². The van der Waals surface area contributed by atoms with Gasteiger partial charge in [-0.15, -0.1) is 0 Å². The second-order valence-corrected chi connectivity index (χ2v) is 15.4. The molecule has 6 heteroatoms. The molecule has 0 saturated heterocycles. The molecule has 0 N–H and O–H groups in total. The lowest BCUT2D eigenvalue weighted by Crippen LogP contribution is -1.98. The average Bonchev–Trinajstić information content (AvgIpc) is 3.91. The van der Waals surface area contributed by atoms with Crippen molar-refractivity contribution < 1.29 is 0 Å². The fourth-order valence-corrected chi connectivity index (χ4v) is 9.43. The van der Waals surface area contributed by atoms with Crippen molar-refractivity contribution in [2.24, 2.45) is 0 Å². The summed E-state index contributed by atoms with van der Waals surface area (Å²) >= 11 is 0. The normalized spacial score (nSPS) is 12.0. The van der Waals surface area contributed by atoms with Gasteiger partial charge in [-0.05, 0) is 98.4 Å². The van der Waals surface area contributed by atoms with Crippen molar-refractivity contribution in [1.29, 1.82) is 0 Å². The lowest BCUT2D eigenvalue weighted by molar-refractivity contribution is 1.16. The van der Waals surface area contributed by atoms with E-state index in [0.29, 0.717) is 0 Å². The molecule has 0 radical (unpaired) electrons. The van der Waals surface area contributed by atoms with Crippen LogP contribution in [0.3, 0.4) is 0 Å². The van der Waals surface area contributed by atoms with E-state index in [0.717, 1.165) is 89.1 Å². The van der Waals surface area contributed by atoms with E-state index >= 15 is 0 Å². The van der Waals surface area contributed by atoms with Gasteiger partial charge < -0.3 is 0 Å². The van der Waals surface area contributed by atoms with Crippen LogP contribution in [0.25, 0.3) is 122 Å². The number of rotatable bonds is 4. The van der Waals surface area contributed by atoms with E-state index in [2.05, 4.69) is 179 Å². The first-order valence-electron chi connectivity index (χ1n) is 20.2. The molecule has 4 heterocycles. The van der Waals surface area contributed by atoms with Crippen molar-refractivity contribution in [3.63, 3.8) is 0 Å². The third-order valence-corrected chi connectivity index (χ3v) is 12.1. The van der Waals surface area contributed by atoms with Crippen molar-refractivity contribution in [3.8, 4) is 45.0 Å². The molecule has 4 aromatic heterocycles. The van der Waals surface area contributed by atoms with Crippen LogP contribution in [0.2, 0.25) is 0 Å². The molecule has 0 atom stereocenters. The van der Waals surface area contributed by atoms with E-state index in [1.165, 1.54) is 32.7 Å². The average molecular weight is 765 g/mol. The van der Waals surface area contributed by atoms with Gasteiger partial charge in [0.2, 0.25) is 0 Å². The number of para-hydroxylation sites is 6. The van der Waals surface area contributed by atoms with Gasteiger partial charge in [-0.1, -0.05) is 140 Å². The van der Waals surface area contributed by atoms with Gasteiger partial charge in [0, 0.05) is 21.9 Å². The summed E-state index contributed by atoms with van der Waals surface area (Å²) in [5.41, 5.74) is 14.4. The fraction of sp³-hybridized carbons (Fsp3) is 0. The maximum atomic E-state index is 5.30. The zero-order valence-corrected chi connectivity index (χ0v) is 32.2. The molecule has 60 heavy (non-hydrogen) atoms. The van der Waals surface area contributed by atoms with Gasteiger partial charge in [-0.2, -0.15) is 0 Å². The highest BCUT2D eigenvalue weighted by atomic mass is 15.1. The fourth-order valence-electron chi connectivity index (χ4n) is 9.43. The van der Waals surface area contributed by atoms with Gasteiger partial charge in [0.15, 0.2) is 0 Å². The second kappa shape index (κ2) is 12.6. The van der Waals surface area contributed by atoms with Crippen LogP contribution < -0.4 is 0 Å². The van der Waals surface area contributed by atoms with Gasteiger partial charge in [0.05, 0.1) is 33.1 Å². The third-order valence-electron chi connectivity index (χ3n) is 12.1. The van der Waals surface area contributed by atoms with Gasteiger partial charge in [-0.25, -0.2) is 19.9 Å². The first-order chi connectivity index (χ1) is 29.8. The van der Waals surface area contributed by atoms with Gasteiger partial charge in [-0.3, -0.25) is 8.80 Å². The monoisotopic (exact) mass is 764 g/mol. The van der Waals surface area contributed by atoms with Gasteiger partial charge in [0.1, 0.15) is 22.9 Å². The van der Waals surface area contributed by atoms with Crippen molar-refractivity contribution in [2.75, 3.05) is 0 Å².